The number of methoxy groups -OCH3 is 1. The molecule has 4 nitrogen and oxygen atoms in total. The second-order valence-electron chi connectivity index (χ2n) is 5.39. The highest BCUT2D eigenvalue weighted by Crippen LogP contribution is 2.35. The lowest BCUT2D eigenvalue weighted by atomic mass is 9.97. The molecule has 0 aliphatic carbocycles. The van der Waals surface area contributed by atoms with Gasteiger partial charge >= 0.3 is 0 Å². The third-order valence-electron chi connectivity index (χ3n) is 3.73. The van der Waals surface area contributed by atoms with Crippen LogP contribution in [0.5, 0.6) is 11.5 Å². The lowest BCUT2D eigenvalue weighted by Crippen LogP contribution is -2.45. The number of piperazine rings is 1. The molecule has 1 fully saturated rings. The van der Waals surface area contributed by atoms with E-state index >= 15 is 0 Å². The van der Waals surface area contributed by atoms with Gasteiger partial charge in [0.1, 0.15) is 11.5 Å². The first-order valence-electron chi connectivity index (χ1n) is 7.08. The Bertz CT molecular complexity index is 477. The zero-order valence-electron chi connectivity index (χ0n) is 13.2. The number of aromatic hydroxyl groups is 1. The maximum absolute atomic E-state index is 10.3. The second kappa shape index (κ2) is 9.95. The fourth-order valence-corrected chi connectivity index (χ4v) is 2.69. The van der Waals surface area contributed by atoms with E-state index < -0.39 is 0 Å². The molecule has 0 bridgehead atoms. The van der Waals surface area contributed by atoms with E-state index in [-0.39, 0.29) is 30.9 Å². The number of ether oxygens (including phenoxy) is 1. The van der Waals surface area contributed by atoms with Gasteiger partial charge < -0.3 is 15.2 Å². The molecule has 2 rings (SSSR count). The Hall–Kier alpha value is -0.940. The van der Waals surface area contributed by atoms with Crippen LogP contribution in [0, 0.1) is 0 Å². The topological polar surface area (TPSA) is 44.7 Å². The van der Waals surface area contributed by atoms with Crippen LogP contribution in [-0.2, 0) is 0 Å². The summed E-state index contributed by atoms with van der Waals surface area (Å²) in [5, 5.41) is 13.6. The third kappa shape index (κ3) is 5.36. The molecule has 0 saturated carbocycles. The number of benzene rings is 1. The van der Waals surface area contributed by atoms with Crippen LogP contribution in [0.25, 0.3) is 0 Å². The van der Waals surface area contributed by atoms with Crippen molar-refractivity contribution in [3.8, 4) is 11.5 Å². The van der Waals surface area contributed by atoms with Gasteiger partial charge in [-0.05, 0) is 19.4 Å². The predicted octanol–water partition coefficient (Wildman–Crippen LogP) is 3.16. The number of rotatable bonds is 5. The van der Waals surface area contributed by atoms with Crippen LogP contribution in [0.4, 0.5) is 0 Å². The molecule has 1 atom stereocenters. The van der Waals surface area contributed by atoms with Crippen LogP contribution in [-0.4, -0.2) is 43.3 Å². The van der Waals surface area contributed by atoms with Crippen molar-refractivity contribution in [3.63, 3.8) is 0 Å². The molecule has 22 heavy (non-hydrogen) atoms. The van der Waals surface area contributed by atoms with Crippen molar-refractivity contribution in [1.29, 1.82) is 0 Å². The molecular formula is C16H26Cl2N2O2. The van der Waals surface area contributed by atoms with Gasteiger partial charge in [0, 0.05) is 43.9 Å². The SMILES string of the molecule is C=C(C)C[C@H](c1ccc(OC)cc1O)N1CCNCC1.Cl.Cl. The standard InChI is InChI=1S/C16H24N2O2.2ClH/c1-12(2)10-15(18-8-6-17-7-9-18)14-5-4-13(20-3)11-16(14)19;;/h4-5,11,15,17,19H,1,6-10H2,2-3H3;2*1H/t15-;;/m1../s1. The molecule has 1 aliphatic rings. The fourth-order valence-electron chi connectivity index (χ4n) is 2.69. The van der Waals surface area contributed by atoms with E-state index in [0.717, 1.165) is 43.7 Å². The summed E-state index contributed by atoms with van der Waals surface area (Å²) in [5.41, 5.74) is 2.08. The Labute approximate surface area is 145 Å². The van der Waals surface area contributed by atoms with E-state index in [9.17, 15) is 5.11 Å². The highest BCUT2D eigenvalue weighted by atomic mass is 35.5. The van der Waals surface area contributed by atoms with E-state index in [4.69, 9.17) is 4.74 Å². The van der Waals surface area contributed by atoms with Gasteiger partial charge in [-0.1, -0.05) is 11.6 Å². The molecule has 0 amide bonds. The summed E-state index contributed by atoms with van der Waals surface area (Å²) in [6.07, 6.45) is 0.861. The van der Waals surface area contributed by atoms with Crippen molar-refractivity contribution in [2.45, 2.75) is 19.4 Å². The predicted molar refractivity (Wildman–Crippen MR) is 95.8 cm³/mol. The Morgan fingerprint density at radius 2 is 2.00 bits per heavy atom. The molecule has 2 N–H and O–H groups in total. The molecule has 0 spiro atoms. The summed E-state index contributed by atoms with van der Waals surface area (Å²) in [4.78, 5) is 2.41. The molecule has 1 heterocycles. The largest absolute Gasteiger partial charge is 0.507 e. The molecule has 1 aromatic rings. The smallest absolute Gasteiger partial charge is 0.124 e. The van der Waals surface area contributed by atoms with Crippen molar-refractivity contribution in [1.82, 2.24) is 10.2 Å². The molecule has 1 saturated heterocycles. The zero-order valence-corrected chi connectivity index (χ0v) is 14.8. The van der Waals surface area contributed by atoms with E-state index in [1.54, 1.807) is 13.2 Å². The van der Waals surface area contributed by atoms with Crippen LogP contribution in [0.1, 0.15) is 24.9 Å². The summed E-state index contributed by atoms with van der Waals surface area (Å²) >= 11 is 0. The van der Waals surface area contributed by atoms with Gasteiger partial charge in [-0.15, -0.1) is 31.4 Å². The van der Waals surface area contributed by atoms with Gasteiger partial charge in [0.15, 0.2) is 0 Å². The van der Waals surface area contributed by atoms with Crippen molar-refractivity contribution >= 4 is 24.8 Å². The number of phenolic OH excluding ortho intramolecular Hbond substituents is 1. The van der Waals surface area contributed by atoms with Gasteiger partial charge in [0.2, 0.25) is 0 Å². The lowest BCUT2D eigenvalue weighted by Gasteiger charge is -2.35. The Kier molecular flexibility index (Phi) is 9.53. The maximum Gasteiger partial charge on any atom is 0.124 e. The Morgan fingerprint density at radius 1 is 1.36 bits per heavy atom. The van der Waals surface area contributed by atoms with Crippen molar-refractivity contribution in [2.75, 3.05) is 33.3 Å². The number of nitrogens with one attached hydrogen (secondary N) is 1. The summed E-state index contributed by atoms with van der Waals surface area (Å²) in [6, 6.07) is 5.73. The van der Waals surface area contributed by atoms with E-state index in [1.165, 1.54) is 0 Å². The number of nitrogens with zero attached hydrogens (tertiary/aromatic N) is 1. The third-order valence-corrected chi connectivity index (χ3v) is 3.73. The average molecular weight is 349 g/mol. The van der Waals surface area contributed by atoms with Gasteiger partial charge in [-0.3, -0.25) is 4.90 Å². The van der Waals surface area contributed by atoms with Crippen LogP contribution < -0.4 is 10.1 Å². The van der Waals surface area contributed by atoms with Gasteiger partial charge in [0.05, 0.1) is 7.11 Å². The highest BCUT2D eigenvalue weighted by Gasteiger charge is 2.24. The van der Waals surface area contributed by atoms with Crippen LogP contribution >= 0.6 is 24.8 Å². The minimum atomic E-state index is 0. The fraction of sp³-hybridized carbons (Fsp3) is 0.500. The van der Waals surface area contributed by atoms with E-state index in [2.05, 4.69) is 16.8 Å². The quantitative estimate of drug-likeness (QED) is 0.802. The zero-order chi connectivity index (χ0) is 14.5. The molecule has 0 unspecified atom stereocenters. The number of halogens is 2. The highest BCUT2D eigenvalue weighted by molar-refractivity contribution is 5.85. The Balaban J connectivity index is 0.00000220. The summed E-state index contributed by atoms with van der Waals surface area (Å²) in [5.74, 6) is 0.981. The summed E-state index contributed by atoms with van der Waals surface area (Å²) in [6.45, 7) is 10.0. The lowest BCUT2D eigenvalue weighted by molar-refractivity contribution is 0.170. The molecule has 1 aromatic carbocycles. The first kappa shape index (κ1) is 21.1. The monoisotopic (exact) mass is 348 g/mol. The summed E-state index contributed by atoms with van der Waals surface area (Å²) < 4.78 is 5.16. The number of hydrogen-bond acceptors (Lipinski definition) is 4. The second-order valence-corrected chi connectivity index (χ2v) is 5.39. The van der Waals surface area contributed by atoms with E-state index in [0.29, 0.717) is 11.5 Å². The molecular weight excluding hydrogens is 323 g/mol. The first-order chi connectivity index (χ1) is 9.61. The Morgan fingerprint density at radius 3 is 2.50 bits per heavy atom. The van der Waals surface area contributed by atoms with Crippen LogP contribution in [0.2, 0.25) is 0 Å². The van der Waals surface area contributed by atoms with Crippen LogP contribution in [0.15, 0.2) is 30.4 Å². The molecule has 0 radical (unpaired) electrons. The molecule has 1 aliphatic heterocycles. The number of hydrogen-bond donors (Lipinski definition) is 2. The van der Waals surface area contributed by atoms with Crippen molar-refractivity contribution < 1.29 is 9.84 Å². The normalized spacial score (nSPS) is 16.1. The minimum Gasteiger partial charge on any atom is -0.507 e. The van der Waals surface area contributed by atoms with Gasteiger partial charge in [0.25, 0.3) is 0 Å². The van der Waals surface area contributed by atoms with Crippen molar-refractivity contribution in [2.24, 2.45) is 0 Å². The van der Waals surface area contributed by atoms with E-state index in [1.807, 2.05) is 19.1 Å². The number of phenols is 1. The average Bonchev–Trinajstić information content (AvgIpc) is 2.45. The maximum atomic E-state index is 10.3. The van der Waals surface area contributed by atoms with Crippen LogP contribution in [0.3, 0.4) is 0 Å². The molecule has 126 valence electrons. The van der Waals surface area contributed by atoms with Gasteiger partial charge in [-0.25, -0.2) is 0 Å². The first-order valence-corrected chi connectivity index (χ1v) is 7.08. The minimum absolute atomic E-state index is 0. The van der Waals surface area contributed by atoms with Crippen molar-refractivity contribution in [3.05, 3.63) is 35.9 Å². The van der Waals surface area contributed by atoms with Gasteiger partial charge in [-0.2, -0.15) is 0 Å². The molecule has 6 heteroatoms. The summed E-state index contributed by atoms with van der Waals surface area (Å²) in [7, 11) is 1.61. The molecule has 0 aromatic heterocycles.